The quantitative estimate of drug-likeness (QED) is 0.565. The van der Waals surface area contributed by atoms with Gasteiger partial charge < -0.3 is 28.7 Å². The van der Waals surface area contributed by atoms with Gasteiger partial charge in [0.25, 0.3) is 5.91 Å². The number of nitrogens with zero attached hydrogens (tertiary/aromatic N) is 3. The monoisotopic (exact) mass is 449 g/mol. The first-order chi connectivity index (χ1) is 15.6. The maximum atomic E-state index is 13.2. The van der Waals surface area contributed by atoms with E-state index in [9.17, 15) is 9.59 Å². The first-order valence-corrected chi connectivity index (χ1v) is 11.5. The standard InChI is InChI=1S/C23H35N3O6/c1-4-30-19-15-18(16-20(31-5-2)22(19)32-6-3)23(28)26-9-7-25(8-10-26)21(27)17-24-11-13-29-14-12-24/h15-16H,4-14,17H2,1-3H3. The number of rotatable bonds is 9. The topological polar surface area (TPSA) is 80.8 Å². The fraction of sp³-hybridized carbons (Fsp3) is 0.652. The lowest BCUT2D eigenvalue weighted by molar-refractivity contribution is -0.134. The number of morpholine rings is 1. The highest BCUT2D eigenvalue weighted by atomic mass is 16.5. The van der Waals surface area contributed by atoms with Gasteiger partial charge in [0, 0.05) is 44.8 Å². The van der Waals surface area contributed by atoms with E-state index in [0.29, 0.717) is 88.6 Å². The summed E-state index contributed by atoms with van der Waals surface area (Å²) in [4.78, 5) is 31.6. The van der Waals surface area contributed by atoms with Gasteiger partial charge in [0.1, 0.15) is 0 Å². The third-order valence-corrected chi connectivity index (χ3v) is 5.54. The molecule has 2 heterocycles. The smallest absolute Gasteiger partial charge is 0.254 e. The molecule has 0 radical (unpaired) electrons. The summed E-state index contributed by atoms with van der Waals surface area (Å²) in [5.41, 5.74) is 0.494. The zero-order chi connectivity index (χ0) is 22.9. The second-order valence-electron chi connectivity index (χ2n) is 7.66. The van der Waals surface area contributed by atoms with Gasteiger partial charge in [0.05, 0.1) is 39.6 Å². The molecule has 9 heteroatoms. The van der Waals surface area contributed by atoms with Crippen LogP contribution in [0.2, 0.25) is 0 Å². The van der Waals surface area contributed by atoms with Gasteiger partial charge in [-0.3, -0.25) is 14.5 Å². The molecule has 2 saturated heterocycles. The zero-order valence-corrected chi connectivity index (χ0v) is 19.4. The van der Waals surface area contributed by atoms with Gasteiger partial charge in [-0.2, -0.15) is 0 Å². The number of amides is 2. The zero-order valence-electron chi connectivity index (χ0n) is 19.4. The van der Waals surface area contributed by atoms with Crippen molar-refractivity contribution in [3.05, 3.63) is 17.7 Å². The van der Waals surface area contributed by atoms with Crippen molar-refractivity contribution in [2.24, 2.45) is 0 Å². The Balaban J connectivity index is 1.65. The van der Waals surface area contributed by atoms with Gasteiger partial charge in [-0.15, -0.1) is 0 Å². The van der Waals surface area contributed by atoms with Gasteiger partial charge in [-0.25, -0.2) is 0 Å². The van der Waals surface area contributed by atoms with Crippen LogP contribution in [-0.4, -0.2) is 105 Å². The van der Waals surface area contributed by atoms with Crippen LogP contribution in [0.5, 0.6) is 17.2 Å². The van der Waals surface area contributed by atoms with Crippen molar-refractivity contribution in [1.29, 1.82) is 0 Å². The van der Waals surface area contributed by atoms with Crippen LogP contribution in [0.3, 0.4) is 0 Å². The lowest BCUT2D eigenvalue weighted by Crippen LogP contribution is -2.53. The lowest BCUT2D eigenvalue weighted by Gasteiger charge is -2.36. The summed E-state index contributed by atoms with van der Waals surface area (Å²) in [5.74, 6) is 1.53. The van der Waals surface area contributed by atoms with Crippen LogP contribution < -0.4 is 14.2 Å². The first kappa shape index (κ1) is 24.1. The van der Waals surface area contributed by atoms with E-state index < -0.39 is 0 Å². The molecule has 2 aliphatic heterocycles. The molecule has 0 aliphatic carbocycles. The van der Waals surface area contributed by atoms with E-state index in [1.165, 1.54) is 0 Å². The molecule has 1 aromatic carbocycles. The van der Waals surface area contributed by atoms with E-state index in [-0.39, 0.29) is 11.8 Å². The maximum Gasteiger partial charge on any atom is 0.254 e. The molecule has 1 aromatic rings. The number of hydrogen-bond acceptors (Lipinski definition) is 7. The summed E-state index contributed by atoms with van der Waals surface area (Å²) >= 11 is 0. The van der Waals surface area contributed by atoms with Gasteiger partial charge >= 0.3 is 0 Å². The summed E-state index contributed by atoms with van der Waals surface area (Å²) in [5, 5.41) is 0. The average molecular weight is 450 g/mol. The minimum atomic E-state index is -0.102. The van der Waals surface area contributed by atoms with Gasteiger partial charge in [-0.05, 0) is 32.9 Å². The van der Waals surface area contributed by atoms with Crippen LogP contribution in [-0.2, 0) is 9.53 Å². The Morgan fingerprint density at radius 2 is 1.34 bits per heavy atom. The van der Waals surface area contributed by atoms with Gasteiger partial charge in [0.2, 0.25) is 11.7 Å². The number of ether oxygens (including phenoxy) is 4. The van der Waals surface area contributed by atoms with Crippen LogP contribution in [0, 0.1) is 0 Å². The normalized spacial score (nSPS) is 17.2. The van der Waals surface area contributed by atoms with Crippen molar-refractivity contribution < 1.29 is 28.5 Å². The fourth-order valence-electron chi connectivity index (χ4n) is 3.90. The Hall–Kier alpha value is -2.52. The first-order valence-electron chi connectivity index (χ1n) is 11.5. The summed E-state index contributed by atoms with van der Waals surface area (Å²) in [7, 11) is 0. The third kappa shape index (κ3) is 6.04. The van der Waals surface area contributed by atoms with Gasteiger partial charge in [-0.1, -0.05) is 0 Å². The molecular formula is C23H35N3O6. The summed E-state index contributed by atoms with van der Waals surface area (Å²) < 4.78 is 22.5. The highest BCUT2D eigenvalue weighted by Gasteiger charge is 2.28. The average Bonchev–Trinajstić information content (AvgIpc) is 2.81. The Labute approximate surface area is 190 Å². The largest absolute Gasteiger partial charge is 0.490 e. The van der Waals surface area contributed by atoms with E-state index in [2.05, 4.69) is 4.90 Å². The molecule has 0 spiro atoms. The van der Waals surface area contributed by atoms with Crippen LogP contribution in [0.4, 0.5) is 0 Å². The van der Waals surface area contributed by atoms with Crippen molar-refractivity contribution in [2.45, 2.75) is 20.8 Å². The van der Waals surface area contributed by atoms with E-state index in [0.717, 1.165) is 13.1 Å². The van der Waals surface area contributed by atoms with Crippen LogP contribution >= 0.6 is 0 Å². The van der Waals surface area contributed by atoms with E-state index in [1.807, 2.05) is 25.7 Å². The van der Waals surface area contributed by atoms with E-state index in [4.69, 9.17) is 18.9 Å². The van der Waals surface area contributed by atoms with Crippen LogP contribution in [0.25, 0.3) is 0 Å². The van der Waals surface area contributed by atoms with Crippen molar-refractivity contribution in [1.82, 2.24) is 14.7 Å². The summed E-state index contributed by atoms with van der Waals surface area (Å²) in [6, 6.07) is 3.44. The predicted molar refractivity (Wildman–Crippen MR) is 120 cm³/mol. The Morgan fingerprint density at radius 3 is 1.88 bits per heavy atom. The molecule has 0 unspecified atom stereocenters. The van der Waals surface area contributed by atoms with Crippen molar-refractivity contribution in [3.63, 3.8) is 0 Å². The molecule has 0 N–H and O–H groups in total. The highest BCUT2D eigenvalue weighted by Crippen LogP contribution is 2.39. The minimum Gasteiger partial charge on any atom is -0.490 e. The molecule has 2 fully saturated rings. The van der Waals surface area contributed by atoms with Gasteiger partial charge in [0.15, 0.2) is 11.5 Å². The minimum absolute atomic E-state index is 0.102. The lowest BCUT2D eigenvalue weighted by atomic mass is 10.1. The molecule has 0 atom stereocenters. The summed E-state index contributed by atoms with van der Waals surface area (Å²) in [6.07, 6.45) is 0. The van der Waals surface area contributed by atoms with Crippen molar-refractivity contribution >= 4 is 11.8 Å². The Morgan fingerprint density at radius 1 is 0.812 bits per heavy atom. The molecule has 3 rings (SSSR count). The molecule has 0 aromatic heterocycles. The highest BCUT2D eigenvalue weighted by molar-refractivity contribution is 5.96. The number of carbonyl (C=O) groups excluding carboxylic acids is 2. The predicted octanol–water partition coefficient (Wildman–Crippen LogP) is 1.50. The Bertz CT molecular complexity index is 746. The molecule has 0 bridgehead atoms. The molecule has 32 heavy (non-hydrogen) atoms. The number of piperazine rings is 1. The number of benzene rings is 1. The molecule has 178 valence electrons. The van der Waals surface area contributed by atoms with E-state index in [1.54, 1.807) is 17.0 Å². The molecular weight excluding hydrogens is 414 g/mol. The van der Waals surface area contributed by atoms with Crippen molar-refractivity contribution in [2.75, 3.05) is 78.8 Å². The van der Waals surface area contributed by atoms with Crippen LogP contribution in [0.15, 0.2) is 12.1 Å². The number of carbonyl (C=O) groups is 2. The van der Waals surface area contributed by atoms with Crippen LogP contribution in [0.1, 0.15) is 31.1 Å². The molecule has 2 aliphatic rings. The number of hydrogen-bond donors (Lipinski definition) is 0. The fourth-order valence-corrected chi connectivity index (χ4v) is 3.90. The SMILES string of the molecule is CCOc1cc(C(=O)N2CCN(C(=O)CN3CCOCC3)CC2)cc(OCC)c1OCC. The Kier molecular flexibility index (Phi) is 8.99. The maximum absolute atomic E-state index is 13.2. The summed E-state index contributed by atoms with van der Waals surface area (Å²) in [6.45, 7) is 12.4. The van der Waals surface area contributed by atoms with E-state index >= 15 is 0 Å². The molecule has 0 saturated carbocycles. The molecule has 2 amide bonds. The third-order valence-electron chi connectivity index (χ3n) is 5.54. The molecule has 9 nitrogen and oxygen atoms in total. The van der Waals surface area contributed by atoms with Crippen molar-refractivity contribution in [3.8, 4) is 17.2 Å². The second-order valence-corrected chi connectivity index (χ2v) is 7.66. The second kappa shape index (κ2) is 11.9.